The Kier molecular flexibility index (Phi) is 7.73. The second-order valence-electron chi connectivity index (χ2n) is 10.0. The Balaban J connectivity index is 1.39. The van der Waals surface area contributed by atoms with E-state index in [0.717, 1.165) is 44.3 Å². The molecule has 2 aromatic carbocycles. The minimum Gasteiger partial charge on any atom is -0.492 e. The molecule has 39 heavy (non-hydrogen) atoms. The van der Waals surface area contributed by atoms with Crippen molar-refractivity contribution in [2.24, 2.45) is 0 Å². The number of pyridine rings is 1. The fourth-order valence-corrected chi connectivity index (χ4v) is 5.56. The summed E-state index contributed by atoms with van der Waals surface area (Å²) in [6.07, 6.45) is 9.41. The second-order valence-corrected chi connectivity index (χ2v) is 10.4. The SMILES string of the molecule is N#Cc1cnc2cc(OCCN3CCCCC3)cc(OC3CCCCO3)c2c1Nc1c(Cl)ccc2occc12. The van der Waals surface area contributed by atoms with Crippen LogP contribution in [0.3, 0.4) is 0 Å². The minimum atomic E-state index is -0.384. The maximum atomic E-state index is 10.0. The molecule has 0 spiro atoms. The number of nitrogens with zero attached hydrogens (tertiary/aromatic N) is 3. The third kappa shape index (κ3) is 5.62. The van der Waals surface area contributed by atoms with Gasteiger partial charge in [-0.3, -0.25) is 9.88 Å². The maximum Gasteiger partial charge on any atom is 0.199 e. The molecule has 1 atom stereocenters. The van der Waals surface area contributed by atoms with Crippen molar-refractivity contribution in [1.29, 1.82) is 5.26 Å². The highest BCUT2D eigenvalue weighted by Crippen LogP contribution is 2.42. The molecule has 0 aliphatic carbocycles. The lowest BCUT2D eigenvalue weighted by Gasteiger charge is -2.27. The van der Waals surface area contributed by atoms with Gasteiger partial charge >= 0.3 is 0 Å². The summed E-state index contributed by atoms with van der Waals surface area (Å²) in [6.45, 7) is 4.34. The first-order valence-electron chi connectivity index (χ1n) is 13.6. The average Bonchev–Trinajstić information content (AvgIpc) is 3.45. The van der Waals surface area contributed by atoms with Crippen molar-refractivity contribution in [2.45, 2.75) is 44.8 Å². The number of rotatable bonds is 8. The molecule has 2 aliphatic heterocycles. The number of furan rings is 1. The van der Waals surface area contributed by atoms with Gasteiger partial charge in [-0.15, -0.1) is 0 Å². The fraction of sp³-hybridized carbons (Fsp3) is 0.400. The van der Waals surface area contributed by atoms with Crippen LogP contribution in [-0.2, 0) is 4.74 Å². The zero-order valence-corrected chi connectivity index (χ0v) is 22.5. The third-order valence-corrected chi connectivity index (χ3v) is 7.70. The van der Waals surface area contributed by atoms with Crippen molar-refractivity contribution in [3.8, 4) is 17.6 Å². The molecule has 202 valence electrons. The number of halogens is 1. The van der Waals surface area contributed by atoms with Gasteiger partial charge in [0.15, 0.2) is 6.29 Å². The van der Waals surface area contributed by atoms with Gasteiger partial charge in [0.25, 0.3) is 0 Å². The first-order valence-corrected chi connectivity index (χ1v) is 14.0. The summed E-state index contributed by atoms with van der Waals surface area (Å²) < 4.78 is 24.1. The number of aromatic nitrogens is 1. The van der Waals surface area contributed by atoms with Gasteiger partial charge < -0.3 is 23.9 Å². The zero-order chi connectivity index (χ0) is 26.6. The van der Waals surface area contributed by atoms with Crippen LogP contribution in [0.1, 0.15) is 44.1 Å². The van der Waals surface area contributed by atoms with Crippen molar-refractivity contribution in [2.75, 3.05) is 38.2 Å². The Morgan fingerprint density at radius 3 is 2.82 bits per heavy atom. The van der Waals surface area contributed by atoms with E-state index in [4.69, 9.17) is 30.2 Å². The number of hydrogen-bond acceptors (Lipinski definition) is 8. The lowest BCUT2D eigenvalue weighted by molar-refractivity contribution is -0.105. The summed E-state index contributed by atoms with van der Waals surface area (Å²) in [5, 5.41) is 15.4. The van der Waals surface area contributed by atoms with Crippen LogP contribution in [0.2, 0.25) is 5.02 Å². The predicted octanol–water partition coefficient (Wildman–Crippen LogP) is 7.02. The Morgan fingerprint density at radius 1 is 1.10 bits per heavy atom. The molecule has 9 heteroatoms. The molecule has 0 saturated carbocycles. The summed E-state index contributed by atoms with van der Waals surface area (Å²) in [5.74, 6) is 1.22. The Bertz CT molecular complexity index is 1500. The highest BCUT2D eigenvalue weighted by atomic mass is 35.5. The molecule has 2 aliphatic rings. The summed E-state index contributed by atoms with van der Waals surface area (Å²) in [7, 11) is 0. The number of anilines is 2. The lowest BCUT2D eigenvalue weighted by Crippen LogP contribution is -2.33. The van der Waals surface area contributed by atoms with Gasteiger partial charge in [-0.1, -0.05) is 18.0 Å². The average molecular weight is 547 g/mol. The molecular weight excluding hydrogens is 516 g/mol. The summed E-state index contributed by atoms with van der Waals surface area (Å²) in [5.41, 5.74) is 2.91. The first kappa shape index (κ1) is 25.8. The molecule has 4 aromatic rings. The summed E-state index contributed by atoms with van der Waals surface area (Å²) in [6, 6.07) is 11.5. The molecule has 2 saturated heterocycles. The Hall–Kier alpha value is -3.51. The van der Waals surface area contributed by atoms with Crippen LogP contribution in [0.5, 0.6) is 11.5 Å². The second kappa shape index (κ2) is 11.7. The van der Waals surface area contributed by atoms with Gasteiger partial charge in [0.2, 0.25) is 0 Å². The standard InChI is InChI=1S/C30H31ClN4O4/c31-23-7-8-25-22(9-14-37-25)30(23)34-29-20(18-32)19-33-24-16-21(36-15-12-35-10-3-1-4-11-35)17-26(28(24)29)39-27-6-2-5-13-38-27/h7-9,14,16-17,19,27H,1-6,10-13,15H2,(H,33,34). The fourth-order valence-electron chi connectivity index (χ4n) is 5.34. The zero-order valence-electron chi connectivity index (χ0n) is 21.7. The van der Waals surface area contributed by atoms with Gasteiger partial charge in [-0.25, -0.2) is 0 Å². The number of nitriles is 1. The van der Waals surface area contributed by atoms with Gasteiger partial charge in [-0.05, 0) is 57.0 Å². The summed E-state index contributed by atoms with van der Waals surface area (Å²) >= 11 is 6.62. The smallest absolute Gasteiger partial charge is 0.199 e. The predicted molar refractivity (Wildman–Crippen MR) is 151 cm³/mol. The molecule has 6 rings (SSSR count). The van der Waals surface area contributed by atoms with Crippen molar-refractivity contribution in [1.82, 2.24) is 9.88 Å². The molecule has 2 aromatic heterocycles. The summed E-state index contributed by atoms with van der Waals surface area (Å²) in [4.78, 5) is 7.06. The molecule has 2 fully saturated rings. The van der Waals surface area contributed by atoms with E-state index in [9.17, 15) is 5.26 Å². The maximum absolute atomic E-state index is 10.0. The number of likely N-dealkylation sites (tertiary alicyclic amines) is 1. The Labute approximate surface area is 232 Å². The van der Waals surface area contributed by atoms with Crippen molar-refractivity contribution in [3.05, 3.63) is 53.4 Å². The van der Waals surface area contributed by atoms with E-state index in [2.05, 4.69) is 21.3 Å². The molecule has 0 bridgehead atoms. The van der Waals surface area contributed by atoms with Crippen LogP contribution in [-0.4, -0.2) is 49.0 Å². The van der Waals surface area contributed by atoms with Gasteiger partial charge in [0, 0.05) is 36.7 Å². The van der Waals surface area contributed by atoms with Gasteiger partial charge in [0.05, 0.1) is 45.7 Å². The van der Waals surface area contributed by atoms with E-state index >= 15 is 0 Å². The van der Waals surface area contributed by atoms with Gasteiger partial charge in [0.1, 0.15) is 29.8 Å². The number of ether oxygens (including phenoxy) is 3. The largest absolute Gasteiger partial charge is 0.492 e. The van der Waals surface area contributed by atoms with E-state index in [1.807, 2.05) is 24.3 Å². The molecule has 1 unspecified atom stereocenters. The first-order chi connectivity index (χ1) is 19.2. The van der Waals surface area contributed by atoms with E-state index in [1.54, 1.807) is 18.5 Å². The van der Waals surface area contributed by atoms with Crippen LogP contribution < -0.4 is 14.8 Å². The van der Waals surface area contributed by atoms with Crippen LogP contribution in [0, 0.1) is 11.3 Å². The Morgan fingerprint density at radius 2 is 2.00 bits per heavy atom. The highest BCUT2D eigenvalue weighted by Gasteiger charge is 2.22. The van der Waals surface area contributed by atoms with Crippen molar-refractivity contribution in [3.63, 3.8) is 0 Å². The number of hydrogen-bond donors (Lipinski definition) is 1. The number of fused-ring (bicyclic) bond motifs is 2. The number of piperidine rings is 1. The number of nitrogens with one attached hydrogen (secondary N) is 1. The van der Waals surface area contributed by atoms with Crippen LogP contribution in [0.15, 0.2) is 47.2 Å². The minimum absolute atomic E-state index is 0.368. The van der Waals surface area contributed by atoms with E-state index < -0.39 is 0 Å². The van der Waals surface area contributed by atoms with Crippen molar-refractivity contribution >= 4 is 44.8 Å². The molecule has 8 nitrogen and oxygen atoms in total. The monoisotopic (exact) mass is 546 g/mol. The normalized spacial score (nSPS) is 18.2. The molecule has 4 heterocycles. The van der Waals surface area contributed by atoms with Crippen LogP contribution >= 0.6 is 11.6 Å². The number of benzene rings is 2. The van der Waals surface area contributed by atoms with E-state index in [-0.39, 0.29) is 6.29 Å². The van der Waals surface area contributed by atoms with E-state index in [1.165, 1.54) is 19.3 Å². The van der Waals surface area contributed by atoms with Gasteiger partial charge in [-0.2, -0.15) is 5.26 Å². The quantitative estimate of drug-likeness (QED) is 0.252. The molecule has 1 N–H and O–H groups in total. The molecular formula is C30H31ClN4O4. The highest BCUT2D eigenvalue weighted by molar-refractivity contribution is 6.35. The lowest BCUT2D eigenvalue weighted by atomic mass is 10.1. The molecule has 0 amide bonds. The van der Waals surface area contributed by atoms with Crippen LogP contribution in [0.4, 0.5) is 11.4 Å². The molecule has 0 radical (unpaired) electrons. The van der Waals surface area contributed by atoms with Crippen LogP contribution in [0.25, 0.3) is 21.9 Å². The van der Waals surface area contributed by atoms with Crippen molar-refractivity contribution < 1.29 is 18.6 Å². The third-order valence-electron chi connectivity index (χ3n) is 7.38. The topological polar surface area (TPSA) is 92.8 Å². The van der Waals surface area contributed by atoms with E-state index in [0.29, 0.717) is 63.2 Å².